The molecule has 0 radical (unpaired) electrons. The van der Waals surface area contributed by atoms with Crippen molar-refractivity contribution in [1.82, 2.24) is 0 Å². The number of methoxy groups -OCH3 is 2. The zero-order valence-electron chi connectivity index (χ0n) is 15.3. The molecule has 1 unspecified atom stereocenters. The molecular formula is C20H20N2O5. The molecule has 1 aliphatic heterocycles. The van der Waals surface area contributed by atoms with Crippen molar-refractivity contribution >= 4 is 29.1 Å². The summed E-state index contributed by atoms with van der Waals surface area (Å²) in [5, 5.41) is 0. The van der Waals surface area contributed by atoms with Gasteiger partial charge in [-0.1, -0.05) is 0 Å². The fraction of sp³-hybridized carbons (Fsp3) is 0.250. The summed E-state index contributed by atoms with van der Waals surface area (Å²) in [4.78, 5) is 40.2. The highest BCUT2D eigenvalue weighted by Crippen LogP contribution is 2.30. The van der Waals surface area contributed by atoms with Crippen LogP contribution in [0.5, 0.6) is 11.5 Å². The van der Waals surface area contributed by atoms with Crippen LogP contribution in [0.2, 0.25) is 0 Å². The van der Waals surface area contributed by atoms with Gasteiger partial charge in [-0.2, -0.15) is 0 Å². The van der Waals surface area contributed by atoms with Crippen molar-refractivity contribution in [1.29, 1.82) is 0 Å². The van der Waals surface area contributed by atoms with Gasteiger partial charge in [0.25, 0.3) is 5.91 Å². The highest BCUT2D eigenvalue weighted by molar-refractivity contribution is 6.24. The summed E-state index contributed by atoms with van der Waals surface area (Å²) in [7, 11) is 3.08. The van der Waals surface area contributed by atoms with Gasteiger partial charge in [-0.15, -0.1) is 0 Å². The first-order valence-electron chi connectivity index (χ1n) is 8.41. The number of anilines is 2. The number of ether oxygens (including phenoxy) is 2. The lowest BCUT2D eigenvalue weighted by Gasteiger charge is -2.26. The molecule has 0 N–H and O–H groups in total. The van der Waals surface area contributed by atoms with Crippen LogP contribution in [0.3, 0.4) is 0 Å². The van der Waals surface area contributed by atoms with E-state index in [9.17, 15) is 14.4 Å². The van der Waals surface area contributed by atoms with Crippen LogP contribution in [0.4, 0.5) is 11.4 Å². The highest BCUT2D eigenvalue weighted by Gasteiger charge is 2.44. The van der Waals surface area contributed by atoms with Gasteiger partial charge < -0.3 is 9.47 Å². The first-order chi connectivity index (χ1) is 13.0. The third kappa shape index (κ3) is 3.48. The Hall–Kier alpha value is -3.35. The second-order valence-corrected chi connectivity index (χ2v) is 6.07. The van der Waals surface area contributed by atoms with Crippen LogP contribution >= 0.6 is 0 Å². The topological polar surface area (TPSA) is 76.2 Å². The largest absolute Gasteiger partial charge is 0.497 e. The van der Waals surface area contributed by atoms with Crippen molar-refractivity contribution in [2.75, 3.05) is 24.0 Å². The summed E-state index contributed by atoms with van der Waals surface area (Å²) in [5.74, 6) is 0.155. The number of rotatable bonds is 5. The van der Waals surface area contributed by atoms with Crippen LogP contribution in [-0.4, -0.2) is 38.0 Å². The maximum absolute atomic E-state index is 13.0. The second-order valence-electron chi connectivity index (χ2n) is 6.07. The highest BCUT2D eigenvalue weighted by atomic mass is 16.5. The Morgan fingerprint density at radius 3 is 1.96 bits per heavy atom. The monoisotopic (exact) mass is 368 g/mol. The average Bonchev–Trinajstić information content (AvgIpc) is 2.96. The van der Waals surface area contributed by atoms with Crippen LogP contribution in [0, 0.1) is 0 Å². The van der Waals surface area contributed by atoms with Gasteiger partial charge in [0.2, 0.25) is 11.8 Å². The van der Waals surface area contributed by atoms with Crippen molar-refractivity contribution in [2.45, 2.75) is 19.4 Å². The number of imide groups is 1. The van der Waals surface area contributed by atoms with E-state index in [0.717, 1.165) is 4.90 Å². The minimum absolute atomic E-state index is 0.0729. The summed E-state index contributed by atoms with van der Waals surface area (Å²) >= 11 is 0. The van der Waals surface area contributed by atoms with Gasteiger partial charge in [-0.25, -0.2) is 4.90 Å². The number of carbonyl (C=O) groups is 3. The molecule has 0 spiro atoms. The Morgan fingerprint density at radius 1 is 0.963 bits per heavy atom. The molecule has 1 aliphatic rings. The molecule has 3 amide bonds. The first kappa shape index (κ1) is 18.4. The molecule has 1 heterocycles. The first-order valence-corrected chi connectivity index (χ1v) is 8.41. The van der Waals surface area contributed by atoms with E-state index in [4.69, 9.17) is 9.47 Å². The molecule has 0 bridgehead atoms. The Bertz CT molecular complexity index is 861. The molecule has 7 nitrogen and oxygen atoms in total. The van der Waals surface area contributed by atoms with E-state index < -0.39 is 11.9 Å². The molecule has 2 aromatic rings. The van der Waals surface area contributed by atoms with Crippen LogP contribution in [0.1, 0.15) is 13.3 Å². The van der Waals surface area contributed by atoms with Crippen molar-refractivity contribution in [2.24, 2.45) is 0 Å². The molecule has 1 atom stereocenters. The molecule has 140 valence electrons. The lowest BCUT2D eigenvalue weighted by atomic mass is 10.1. The number of nitrogens with zero attached hydrogens (tertiary/aromatic N) is 2. The maximum atomic E-state index is 13.0. The zero-order valence-corrected chi connectivity index (χ0v) is 15.3. The van der Waals surface area contributed by atoms with E-state index in [0.29, 0.717) is 22.9 Å². The maximum Gasteiger partial charge on any atom is 0.257 e. The summed E-state index contributed by atoms with van der Waals surface area (Å²) in [6.07, 6.45) is -0.0729. The predicted octanol–water partition coefficient (Wildman–Crippen LogP) is 2.39. The predicted molar refractivity (Wildman–Crippen MR) is 100 cm³/mol. The smallest absolute Gasteiger partial charge is 0.257 e. The average molecular weight is 368 g/mol. The molecule has 7 heteroatoms. The van der Waals surface area contributed by atoms with E-state index in [1.54, 1.807) is 55.6 Å². The van der Waals surface area contributed by atoms with Gasteiger partial charge in [0.15, 0.2) is 0 Å². The minimum atomic E-state index is -0.884. The lowest BCUT2D eigenvalue weighted by Crippen LogP contribution is -2.44. The SMILES string of the molecule is COc1ccc(N2C(=O)CC(N(C(C)=O)c3ccc(OC)cc3)C2=O)cc1. The number of hydrogen-bond donors (Lipinski definition) is 0. The minimum Gasteiger partial charge on any atom is -0.497 e. The second kappa shape index (κ2) is 7.49. The summed E-state index contributed by atoms with van der Waals surface area (Å²) in [6, 6.07) is 12.5. The fourth-order valence-electron chi connectivity index (χ4n) is 3.14. The molecular weight excluding hydrogens is 348 g/mol. The Morgan fingerprint density at radius 2 is 1.48 bits per heavy atom. The van der Waals surface area contributed by atoms with Gasteiger partial charge in [0.05, 0.1) is 26.3 Å². The van der Waals surface area contributed by atoms with E-state index in [2.05, 4.69) is 0 Å². The number of benzene rings is 2. The molecule has 0 aliphatic carbocycles. The van der Waals surface area contributed by atoms with Gasteiger partial charge in [-0.3, -0.25) is 19.3 Å². The van der Waals surface area contributed by atoms with Gasteiger partial charge in [-0.05, 0) is 48.5 Å². The van der Waals surface area contributed by atoms with Gasteiger partial charge in [0.1, 0.15) is 17.5 Å². The van der Waals surface area contributed by atoms with Crippen LogP contribution in [0.15, 0.2) is 48.5 Å². The van der Waals surface area contributed by atoms with E-state index in [1.807, 2.05) is 0 Å². The van der Waals surface area contributed by atoms with Crippen LogP contribution in [-0.2, 0) is 14.4 Å². The molecule has 2 aromatic carbocycles. The molecule has 27 heavy (non-hydrogen) atoms. The summed E-state index contributed by atoms with van der Waals surface area (Å²) < 4.78 is 10.2. The van der Waals surface area contributed by atoms with E-state index in [1.165, 1.54) is 18.9 Å². The normalized spacial score (nSPS) is 16.4. The number of hydrogen-bond acceptors (Lipinski definition) is 5. The molecule has 0 aromatic heterocycles. The summed E-state index contributed by atoms with van der Waals surface area (Å²) in [5.41, 5.74) is 0.984. The number of carbonyl (C=O) groups excluding carboxylic acids is 3. The third-order valence-corrected chi connectivity index (χ3v) is 4.45. The Labute approximate surface area is 157 Å². The van der Waals surface area contributed by atoms with Gasteiger partial charge >= 0.3 is 0 Å². The Kier molecular flexibility index (Phi) is 5.12. The molecule has 0 saturated carbocycles. The van der Waals surface area contributed by atoms with Crippen LogP contribution in [0.25, 0.3) is 0 Å². The van der Waals surface area contributed by atoms with Crippen molar-refractivity contribution in [3.63, 3.8) is 0 Å². The standard InChI is InChI=1S/C20H20N2O5/c1-13(23)21(14-4-8-16(26-2)9-5-14)18-12-19(24)22(20(18)25)15-6-10-17(27-3)11-7-15/h4-11,18H,12H2,1-3H3. The number of amides is 3. The fourth-order valence-corrected chi connectivity index (χ4v) is 3.14. The van der Waals surface area contributed by atoms with Crippen molar-refractivity contribution in [3.05, 3.63) is 48.5 Å². The summed E-state index contributed by atoms with van der Waals surface area (Å²) in [6.45, 7) is 1.37. The van der Waals surface area contributed by atoms with Crippen molar-refractivity contribution < 1.29 is 23.9 Å². The quantitative estimate of drug-likeness (QED) is 0.758. The molecule has 3 rings (SSSR count). The van der Waals surface area contributed by atoms with Crippen molar-refractivity contribution in [3.8, 4) is 11.5 Å². The van der Waals surface area contributed by atoms with Gasteiger partial charge in [0, 0.05) is 12.6 Å². The Balaban J connectivity index is 1.91. The third-order valence-electron chi connectivity index (χ3n) is 4.45. The lowest BCUT2D eigenvalue weighted by molar-refractivity contribution is -0.123. The van der Waals surface area contributed by atoms with Crippen LogP contribution < -0.4 is 19.3 Å². The molecule has 1 saturated heterocycles. The zero-order chi connectivity index (χ0) is 19.6. The molecule has 1 fully saturated rings. The van der Waals surface area contributed by atoms with E-state index in [-0.39, 0.29) is 18.2 Å². The van der Waals surface area contributed by atoms with E-state index >= 15 is 0 Å².